The molecule has 0 aliphatic carbocycles. The Morgan fingerprint density at radius 2 is 1.68 bits per heavy atom. The van der Waals surface area contributed by atoms with Gasteiger partial charge in [0.15, 0.2) is 17.0 Å². The topological polar surface area (TPSA) is 79.9 Å². The van der Waals surface area contributed by atoms with Gasteiger partial charge in [-0.1, -0.05) is 12.1 Å². The van der Waals surface area contributed by atoms with Gasteiger partial charge in [0.1, 0.15) is 22.7 Å². The first-order valence-electron chi connectivity index (χ1n) is 9.71. The van der Waals surface area contributed by atoms with E-state index in [0.717, 1.165) is 22.5 Å². The average molecular weight is 416 g/mol. The Labute approximate surface area is 177 Å². The van der Waals surface area contributed by atoms with Gasteiger partial charge in [0.05, 0.1) is 37.1 Å². The first-order valence-corrected chi connectivity index (χ1v) is 9.71. The predicted molar refractivity (Wildman–Crippen MR) is 116 cm³/mol. The van der Waals surface area contributed by atoms with Gasteiger partial charge < -0.3 is 14.2 Å². The molecule has 0 amide bonds. The maximum atomic E-state index is 11.9. The third-order valence-corrected chi connectivity index (χ3v) is 5.19. The molecule has 8 nitrogen and oxygen atoms in total. The zero-order chi connectivity index (χ0) is 21.7. The van der Waals surface area contributed by atoms with Crippen molar-refractivity contribution in [3.05, 3.63) is 54.5 Å². The van der Waals surface area contributed by atoms with Gasteiger partial charge in [-0.05, 0) is 19.1 Å². The number of esters is 1. The van der Waals surface area contributed by atoms with Crippen molar-refractivity contribution in [2.24, 2.45) is 0 Å². The Kier molecular flexibility index (Phi) is 4.28. The second-order valence-corrected chi connectivity index (χ2v) is 7.15. The van der Waals surface area contributed by atoms with Gasteiger partial charge in [0.25, 0.3) is 0 Å². The summed E-state index contributed by atoms with van der Waals surface area (Å²) in [5, 5.41) is 0.652. The van der Waals surface area contributed by atoms with Crippen molar-refractivity contribution in [3.63, 3.8) is 0 Å². The fraction of sp³-hybridized carbons (Fsp3) is 0.174. The molecule has 31 heavy (non-hydrogen) atoms. The summed E-state index contributed by atoms with van der Waals surface area (Å²) in [4.78, 5) is 21.5. The Morgan fingerprint density at radius 3 is 2.35 bits per heavy atom. The molecule has 5 rings (SSSR count). The zero-order valence-corrected chi connectivity index (χ0v) is 17.5. The lowest BCUT2D eigenvalue weighted by Gasteiger charge is -2.10. The zero-order valence-electron chi connectivity index (χ0n) is 17.5. The monoisotopic (exact) mass is 416 g/mol. The number of fused-ring (bicyclic) bond motifs is 5. The lowest BCUT2D eigenvalue weighted by atomic mass is 10.2. The Morgan fingerprint density at radius 1 is 0.968 bits per heavy atom. The van der Waals surface area contributed by atoms with Crippen LogP contribution in [0.15, 0.2) is 48.7 Å². The molecule has 8 heteroatoms. The average Bonchev–Trinajstić information content (AvgIpc) is 3.31. The van der Waals surface area contributed by atoms with E-state index in [1.54, 1.807) is 26.5 Å². The van der Waals surface area contributed by atoms with Gasteiger partial charge in [0, 0.05) is 25.1 Å². The number of methoxy groups -OCH3 is 2. The van der Waals surface area contributed by atoms with Crippen molar-refractivity contribution in [1.82, 2.24) is 18.9 Å². The largest absolute Gasteiger partial charge is 0.497 e. The standard InChI is InChI=1S/C23H20N4O4/c1-13-24-22-21(23-25-18-7-5-6-8-19(18)27(13)23)20(31-14(2)28)12-26(22)15-9-16(29-3)11-17(10-15)30-4/h5-12H,1-4H3. The quantitative estimate of drug-likeness (QED) is 0.411. The molecule has 0 radical (unpaired) electrons. The molecule has 0 saturated heterocycles. The molecule has 0 aliphatic heterocycles. The van der Waals surface area contributed by atoms with E-state index in [1.165, 1.54) is 6.92 Å². The van der Waals surface area contributed by atoms with Crippen LogP contribution in [0, 0.1) is 6.92 Å². The van der Waals surface area contributed by atoms with Crippen LogP contribution in [0.5, 0.6) is 17.2 Å². The molecule has 2 aromatic carbocycles. The number of hydrogen-bond donors (Lipinski definition) is 0. The maximum absolute atomic E-state index is 11.9. The fourth-order valence-corrected chi connectivity index (χ4v) is 3.88. The number of carbonyl (C=O) groups is 1. The summed E-state index contributed by atoms with van der Waals surface area (Å²) < 4.78 is 20.2. The minimum Gasteiger partial charge on any atom is -0.497 e. The molecule has 3 aromatic heterocycles. The normalized spacial score (nSPS) is 11.4. The van der Waals surface area contributed by atoms with Crippen molar-refractivity contribution >= 4 is 33.7 Å². The summed E-state index contributed by atoms with van der Waals surface area (Å²) in [7, 11) is 3.19. The summed E-state index contributed by atoms with van der Waals surface area (Å²) in [5.41, 5.74) is 3.82. The van der Waals surface area contributed by atoms with Gasteiger partial charge in [-0.15, -0.1) is 0 Å². The number of aryl methyl sites for hydroxylation is 1. The minimum atomic E-state index is -0.419. The molecule has 0 atom stereocenters. The van der Waals surface area contributed by atoms with E-state index in [2.05, 4.69) is 0 Å². The van der Waals surface area contributed by atoms with Crippen LogP contribution >= 0.6 is 0 Å². The van der Waals surface area contributed by atoms with Gasteiger partial charge >= 0.3 is 5.97 Å². The second kappa shape index (κ2) is 7.02. The van der Waals surface area contributed by atoms with Crippen molar-refractivity contribution < 1.29 is 19.0 Å². The fourth-order valence-electron chi connectivity index (χ4n) is 3.88. The van der Waals surface area contributed by atoms with Crippen molar-refractivity contribution in [2.75, 3.05) is 14.2 Å². The number of nitrogens with zero attached hydrogens (tertiary/aromatic N) is 4. The van der Waals surface area contributed by atoms with E-state index in [9.17, 15) is 4.79 Å². The van der Waals surface area contributed by atoms with Crippen LogP contribution in [0.4, 0.5) is 0 Å². The van der Waals surface area contributed by atoms with Gasteiger partial charge in [-0.3, -0.25) is 13.8 Å². The molecular formula is C23H20N4O4. The Balaban J connectivity index is 1.90. The van der Waals surface area contributed by atoms with E-state index in [0.29, 0.717) is 33.9 Å². The molecule has 0 bridgehead atoms. The highest BCUT2D eigenvalue weighted by Gasteiger charge is 2.22. The molecule has 0 aliphatic rings. The van der Waals surface area contributed by atoms with E-state index in [1.807, 2.05) is 52.3 Å². The van der Waals surface area contributed by atoms with E-state index in [-0.39, 0.29) is 0 Å². The number of para-hydroxylation sites is 2. The lowest BCUT2D eigenvalue weighted by molar-refractivity contribution is -0.131. The lowest BCUT2D eigenvalue weighted by Crippen LogP contribution is -2.02. The first kappa shape index (κ1) is 18.9. The minimum absolute atomic E-state index is 0.386. The van der Waals surface area contributed by atoms with Crippen LogP contribution in [0.2, 0.25) is 0 Å². The number of hydrogen-bond acceptors (Lipinski definition) is 6. The summed E-state index contributed by atoms with van der Waals surface area (Å²) in [6, 6.07) is 13.4. The number of ether oxygens (including phenoxy) is 3. The first-order chi connectivity index (χ1) is 15.0. The number of benzene rings is 2. The van der Waals surface area contributed by atoms with Crippen LogP contribution in [-0.2, 0) is 4.79 Å². The molecule has 156 valence electrons. The second-order valence-electron chi connectivity index (χ2n) is 7.15. The van der Waals surface area contributed by atoms with Crippen LogP contribution in [0.1, 0.15) is 12.7 Å². The molecule has 0 spiro atoms. The van der Waals surface area contributed by atoms with Gasteiger partial charge in [-0.2, -0.15) is 0 Å². The third kappa shape index (κ3) is 2.95. The molecule has 0 unspecified atom stereocenters. The highest BCUT2D eigenvalue weighted by Crippen LogP contribution is 2.36. The van der Waals surface area contributed by atoms with Crippen LogP contribution in [-0.4, -0.2) is 39.1 Å². The number of imidazole rings is 1. The molecule has 0 saturated carbocycles. The van der Waals surface area contributed by atoms with Gasteiger partial charge in [0.2, 0.25) is 0 Å². The summed E-state index contributed by atoms with van der Waals surface area (Å²) in [6.07, 6.45) is 1.74. The van der Waals surface area contributed by atoms with Gasteiger partial charge in [-0.25, -0.2) is 9.97 Å². The molecule has 5 aromatic rings. The smallest absolute Gasteiger partial charge is 0.308 e. The Bertz CT molecular complexity index is 1460. The highest BCUT2D eigenvalue weighted by molar-refractivity contribution is 6.01. The summed E-state index contributed by atoms with van der Waals surface area (Å²) in [5.74, 6) is 2.00. The molecule has 0 N–H and O–H groups in total. The Hall–Kier alpha value is -4.07. The third-order valence-electron chi connectivity index (χ3n) is 5.19. The maximum Gasteiger partial charge on any atom is 0.308 e. The van der Waals surface area contributed by atoms with E-state index in [4.69, 9.17) is 24.2 Å². The summed E-state index contributed by atoms with van der Waals surface area (Å²) >= 11 is 0. The van der Waals surface area contributed by atoms with Crippen LogP contribution < -0.4 is 14.2 Å². The number of carbonyl (C=O) groups excluding carboxylic acids is 1. The SMILES string of the molecule is COc1cc(OC)cc(-n2cc(OC(C)=O)c3c2nc(C)n2c4ccccc4nc32)c1. The number of rotatable bonds is 4. The van der Waals surface area contributed by atoms with Crippen molar-refractivity contribution in [2.45, 2.75) is 13.8 Å². The van der Waals surface area contributed by atoms with E-state index < -0.39 is 5.97 Å². The highest BCUT2D eigenvalue weighted by atomic mass is 16.5. The van der Waals surface area contributed by atoms with E-state index >= 15 is 0 Å². The number of aromatic nitrogens is 4. The molecule has 3 heterocycles. The van der Waals surface area contributed by atoms with Crippen molar-refractivity contribution in [1.29, 1.82) is 0 Å². The molecular weight excluding hydrogens is 396 g/mol. The van der Waals surface area contributed by atoms with Crippen LogP contribution in [0.25, 0.3) is 33.4 Å². The van der Waals surface area contributed by atoms with Crippen LogP contribution in [0.3, 0.4) is 0 Å². The van der Waals surface area contributed by atoms with Crippen molar-refractivity contribution in [3.8, 4) is 22.9 Å². The summed E-state index contributed by atoms with van der Waals surface area (Å²) in [6.45, 7) is 3.30. The predicted octanol–water partition coefficient (Wildman–Crippen LogP) is 4.08. The molecule has 0 fully saturated rings.